The first-order chi connectivity index (χ1) is 9.70. The van der Waals surface area contributed by atoms with Gasteiger partial charge in [0.15, 0.2) is 0 Å². The molecule has 2 radical (unpaired) electrons. The third kappa shape index (κ3) is 7.82. The predicted molar refractivity (Wildman–Crippen MR) is 90.9 cm³/mol. The number of rotatable bonds is 9. The van der Waals surface area contributed by atoms with Crippen molar-refractivity contribution in [3.63, 3.8) is 0 Å². The average molecular weight is 313 g/mol. The summed E-state index contributed by atoms with van der Waals surface area (Å²) in [5, 5.41) is 5.80. The minimum atomic E-state index is -0.307. The standard InChI is InChI=1S/C14H29BN3O2P/c1-6-11(17-14(20)10(4)5)12(15)18(21)8-7-16-13(19)9(2)3/h9-12H,6-8,21H2,1-5H3,(H,16,19)(H,17,20). The van der Waals surface area contributed by atoms with E-state index >= 15 is 0 Å². The average Bonchev–Trinajstić information content (AvgIpc) is 2.42. The Labute approximate surface area is 132 Å². The molecule has 0 spiro atoms. The molecule has 0 bridgehead atoms. The van der Waals surface area contributed by atoms with Gasteiger partial charge in [0.05, 0.1) is 7.85 Å². The maximum absolute atomic E-state index is 11.8. The number of nitrogens with one attached hydrogen (secondary N) is 2. The van der Waals surface area contributed by atoms with Crippen LogP contribution in [0.25, 0.3) is 0 Å². The van der Waals surface area contributed by atoms with E-state index in [0.717, 1.165) is 6.42 Å². The fraction of sp³-hybridized carbons (Fsp3) is 0.857. The summed E-state index contributed by atoms with van der Waals surface area (Å²) in [5.41, 5.74) is 0. The van der Waals surface area contributed by atoms with Gasteiger partial charge in [-0.25, -0.2) is 0 Å². The summed E-state index contributed by atoms with van der Waals surface area (Å²) in [6, 6.07) is -0.113. The van der Waals surface area contributed by atoms with Crippen LogP contribution in [0.5, 0.6) is 0 Å². The molecule has 0 aromatic heterocycles. The second-order valence-electron chi connectivity index (χ2n) is 5.85. The molecule has 2 amide bonds. The van der Waals surface area contributed by atoms with Crippen LogP contribution in [0.15, 0.2) is 0 Å². The molecule has 120 valence electrons. The first kappa shape index (κ1) is 20.4. The van der Waals surface area contributed by atoms with Gasteiger partial charge in [0.25, 0.3) is 0 Å². The highest BCUT2D eigenvalue weighted by molar-refractivity contribution is 7.13. The molecule has 0 heterocycles. The van der Waals surface area contributed by atoms with Crippen molar-refractivity contribution < 1.29 is 9.59 Å². The third-order valence-electron chi connectivity index (χ3n) is 3.28. The second kappa shape index (κ2) is 10.2. The SMILES string of the molecule is [B]C(C(CC)NC(=O)C(C)C)N(P)CCNC(=O)C(C)C. The van der Waals surface area contributed by atoms with Gasteiger partial charge in [-0.05, 0) is 12.4 Å². The minimum absolute atomic E-state index is 0.00353. The van der Waals surface area contributed by atoms with Crippen LogP contribution in [0, 0.1) is 11.8 Å². The van der Waals surface area contributed by atoms with Crippen LogP contribution in [-0.2, 0) is 9.59 Å². The van der Waals surface area contributed by atoms with Crippen molar-refractivity contribution in [3.05, 3.63) is 0 Å². The molecular weight excluding hydrogens is 284 g/mol. The van der Waals surface area contributed by atoms with Crippen molar-refractivity contribution in [2.45, 2.75) is 53.0 Å². The molecule has 0 rings (SSSR count). The molecule has 0 fully saturated rings. The smallest absolute Gasteiger partial charge is 0.222 e. The van der Waals surface area contributed by atoms with Crippen molar-refractivity contribution in [3.8, 4) is 0 Å². The fourth-order valence-corrected chi connectivity index (χ4v) is 2.01. The van der Waals surface area contributed by atoms with Crippen molar-refractivity contribution >= 4 is 29.1 Å². The summed E-state index contributed by atoms with van der Waals surface area (Å²) in [6.07, 6.45) is 0.753. The molecular formula is C14H29BN3O2P. The maximum atomic E-state index is 11.8. The zero-order chi connectivity index (χ0) is 16.6. The first-order valence-corrected chi connectivity index (χ1v) is 8.07. The second-order valence-corrected chi connectivity index (χ2v) is 6.52. The monoisotopic (exact) mass is 313 g/mol. The van der Waals surface area contributed by atoms with E-state index in [-0.39, 0.29) is 35.6 Å². The zero-order valence-electron chi connectivity index (χ0n) is 13.8. The predicted octanol–water partition coefficient (Wildman–Crippen LogP) is 0.896. The summed E-state index contributed by atoms with van der Waals surface area (Å²) >= 11 is 0. The van der Waals surface area contributed by atoms with Gasteiger partial charge in [-0.1, -0.05) is 44.0 Å². The van der Waals surface area contributed by atoms with Crippen LogP contribution in [0.1, 0.15) is 41.0 Å². The van der Waals surface area contributed by atoms with Crippen molar-refractivity contribution in [1.29, 1.82) is 0 Å². The van der Waals surface area contributed by atoms with Gasteiger partial charge in [0, 0.05) is 31.0 Å². The van der Waals surface area contributed by atoms with Gasteiger partial charge in [-0.3, -0.25) is 14.3 Å². The van der Waals surface area contributed by atoms with Crippen LogP contribution in [0.2, 0.25) is 0 Å². The highest BCUT2D eigenvalue weighted by atomic mass is 31.0. The molecule has 0 aliphatic rings. The Hall–Kier alpha value is -0.605. The molecule has 7 heteroatoms. The molecule has 5 nitrogen and oxygen atoms in total. The van der Waals surface area contributed by atoms with Gasteiger partial charge in [0.2, 0.25) is 11.8 Å². The Balaban J connectivity index is 4.29. The van der Waals surface area contributed by atoms with E-state index in [2.05, 4.69) is 20.0 Å². The Morgan fingerprint density at radius 2 is 1.67 bits per heavy atom. The largest absolute Gasteiger partial charge is 0.355 e. The summed E-state index contributed by atoms with van der Waals surface area (Å²) in [4.78, 5) is 23.2. The van der Waals surface area contributed by atoms with E-state index in [1.54, 1.807) is 0 Å². The Bertz CT molecular complexity index is 340. The molecule has 0 aliphatic carbocycles. The van der Waals surface area contributed by atoms with Crippen LogP contribution in [0.3, 0.4) is 0 Å². The molecule has 0 saturated carbocycles. The lowest BCUT2D eigenvalue weighted by Crippen LogP contribution is -2.51. The van der Waals surface area contributed by atoms with Crippen LogP contribution < -0.4 is 10.6 Å². The lowest BCUT2D eigenvalue weighted by atomic mass is 9.87. The number of amides is 2. The van der Waals surface area contributed by atoms with E-state index in [0.29, 0.717) is 13.1 Å². The van der Waals surface area contributed by atoms with Crippen molar-refractivity contribution in [2.24, 2.45) is 11.8 Å². The van der Waals surface area contributed by atoms with Crippen LogP contribution in [0.4, 0.5) is 0 Å². The number of hydrogen-bond acceptors (Lipinski definition) is 3. The first-order valence-electron chi connectivity index (χ1n) is 7.55. The molecule has 0 saturated heterocycles. The Morgan fingerprint density at radius 1 is 1.14 bits per heavy atom. The van der Waals surface area contributed by atoms with Gasteiger partial charge in [-0.2, -0.15) is 0 Å². The lowest BCUT2D eigenvalue weighted by molar-refractivity contribution is -0.125. The van der Waals surface area contributed by atoms with E-state index in [4.69, 9.17) is 7.85 Å². The van der Waals surface area contributed by atoms with E-state index in [1.165, 1.54) is 0 Å². The summed E-state index contributed by atoms with van der Waals surface area (Å²) in [7, 11) is 8.74. The summed E-state index contributed by atoms with van der Waals surface area (Å²) in [5.74, 6) is -0.357. The minimum Gasteiger partial charge on any atom is -0.355 e. The van der Waals surface area contributed by atoms with Crippen molar-refractivity contribution in [2.75, 3.05) is 13.1 Å². The van der Waals surface area contributed by atoms with Gasteiger partial charge in [-0.15, -0.1) is 0 Å². The van der Waals surface area contributed by atoms with E-state index < -0.39 is 0 Å². The molecule has 2 N–H and O–H groups in total. The quantitative estimate of drug-likeness (QED) is 0.491. The number of hydrogen-bond donors (Lipinski definition) is 2. The van der Waals surface area contributed by atoms with Gasteiger partial charge >= 0.3 is 0 Å². The molecule has 0 aromatic carbocycles. The van der Waals surface area contributed by atoms with Crippen LogP contribution >= 0.6 is 9.39 Å². The molecule has 0 aliphatic heterocycles. The maximum Gasteiger partial charge on any atom is 0.222 e. The van der Waals surface area contributed by atoms with Gasteiger partial charge < -0.3 is 10.6 Å². The number of nitrogens with zero attached hydrogens (tertiary/aromatic N) is 1. The molecule has 3 atom stereocenters. The summed E-state index contributed by atoms with van der Waals surface area (Å²) < 4.78 is 1.87. The van der Waals surface area contributed by atoms with E-state index in [9.17, 15) is 9.59 Å². The lowest BCUT2D eigenvalue weighted by Gasteiger charge is -2.32. The topological polar surface area (TPSA) is 61.4 Å². The fourth-order valence-electron chi connectivity index (χ4n) is 1.67. The number of carbonyl (C=O) groups excluding carboxylic acids is 2. The number of carbonyl (C=O) groups is 2. The molecule has 21 heavy (non-hydrogen) atoms. The molecule has 0 aromatic rings. The highest BCUT2D eigenvalue weighted by Crippen LogP contribution is 2.10. The Morgan fingerprint density at radius 3 is 2.10 bits per heavy atom. The Kier molecular flexibility index (Phi) is 9.88. The van der Waals surface area contributed by atoms with Gasteiger partial charge in [0.1, 0.15) is 0 Å². The van der Waals surface area contributed by atoms with Crippen molar-refractivity contribution in [1.82, 2.24) is 15.3 Å². The highest BCUT2D eigenvalue weighted by Gasteiger charge is 2.22. The van der Waals surface area contributed by atoms with E-state index in [1.807, 2.05) is 39.3 Å². The third-order valence-corrected chi connectivity index (χ3v) is 3.88. The summed E-state index contributed by atoms with van der Waals surface area (Å²) in [6.45, 7) is 10.6. The zero-order valence-corrected chi connectivity index (χ0v) is 15.0. The normalized spacial score (nSPS) is 14.3. The van der Waals surface area contributed by atoms with Crippen LogP contribution in [-0.4, -0.2) is 49.4 Å². The molecule has 3 unspecified atom stereocenters.